The van der Waals surface area contributed by atoms with E-state index in [-0.39, 0.29) is 12.0 Å². The lowest BCUT2D eigenvalue weighted by atomic mass is 10.1. The molecule has 0 aromatic heterocycles. The maximum Gasteiger partial charge on any atom is 0.337 e. The maximum atomic E-state index is 13.1. The first-order valence-corrected chi connectivity index (χ1v) is 8.98. The molecule has 5 nitrogen and oxygen atoms in total. The van der Waals surface area contributed by atoms with E-state index in [1.54, 1.807) is 17.0 Å². The van der Waals surface area contributed by atoms with E-state index in [2.05, 4.69) is 0 Å². The summed E-state index contributed by atoms with van der Waals surface area (Å²) in [5.41, 5.74) is 2.34. The molecule has 0 N–H and O–H groups in total. The Morgan fingerprint density at radius 3 is 2.23 bits per heavy atom. The van der Waals surface area contributed by atoms with E-state index in [1.165, 1.54) is 13.5 Å². The number of carbonyl (C=O) groups is 2. The first-order valence-electron chi connectivity index (χ1n) is 8.98. The standard InChI is InChI=1S/C21H24N2O3/c1-26-20(24)18-12-10-17(11-13-18)16-23(19-8-4-2-5-9-19)21(25)22-14-6-3-7-15-22/h2,4-5,8-13H,3,6-7,14-16H2,1H3. The van der Waals surface area contributed by atoms with E-state index in [9.17, 15) is 9.59 Å². The summed E-state index contributed by atoms with van der Waals surface area (Å²) in [6.07, 6.45) is 3.30. The third-order valence-electron chi connectivity index (χ3n) is 4.64. The van der Waals surface area contributed by atoms with Crippen molar-refractivity contribution in [2.75, 3.05) is 25.1 Å². The van der Waals surface area contributed by atoms with E-state index in [0.29, 0.717) is 12.1 Å². The maximum absolute atomic E-state index is 13.1. The van der Waals surface area contributed by atoms with Gasteiger partial charge in [-0.15, -0.1) is 0 Å². The molecule has 0 spiro atoms. The van der Waals surface area contributed by atoms with Crippen LogP contribution in [0.2, 0.25) is 0 Å². The van der Waals surface area contributed by atoms with E-state index >= 15 is 0 Å². The number of likely N-dealkylation sites (tertiary alicyclic amines) is 1. The van der Waals surface area contributed by atoms with Crippen LogP contribution in [0.3, 0.4) is 0 Å². The molecular formula is C21H24N2O3. The fraction of sp³-hybridized carbons (Fsp3) is 0.333. The average molecular weight is 352 g/mol. The second-order valence-corrected chi connectivity index (χ2v) is 6.44. The van der Waals surface area contributed by atoms with Gasteiger partial charge in [0, 0.05) is 18.8 Å². The molecular weight excluding hydrogens is 328 g/mol. The molecule has 1 aliphatic rings. The molecule has 0 saturated carbocycles. The molecule has 0 radical (unpaired) electrons. The lowest BCUT2D eigenvalue weighted by Gasteiger charge is -2.33. The van der Waals surface area contributed by atoms with Gasteiger partial charge in [-0.3, -0.25) is 4.90 Å². The molecule has 0 atom stereocenters. The molecule has 2 aromatic carbocycles. The summed E-state index contributed by atoms with van der Waals surface area (Å²) < 4.78 is 4.73. The van der Waals surface area contributed by atoms with E-state index in [1.807, 2.05) is 47.4 Å². The predicted molar refractivity (Wildman–Crippen MR) is 101 cm³/mol. The number of hydrogen-bond donors (Lipinski definition) is 0. The van der Waals surface area contributed by atoms with Crippen molar-refractivity contribution in [3.8, 4) is 0 Å². The zero-order chi connectivity index (χ0) is 18.4. The summed E-state index contributed by atoms with van der Waals surface area (Å²) in [6, 6.07) is 16.9. The van der Waals surface area contributed by atoms with Crippen LogP contribution >= 0.6 is 0 Å². The van der Waals surface area contributed by atoms with Gasteiger partial charge < -0.3 is 9.64 Å². The monoisotopic (exact) mass is 352 g/mol. The van der Waals surface area contributed by atoms with E-state index in [0.717, 1.165) is 37.2 Å². The Morgan fingerprint density at radius 2 is 1.62 bits per heavy atom. The highest BCUT2D eigenvalue weighted by molar-refractivity contribution is 5.92. The van der Waals surface area contributed by atoms with Crippen LogP contribution in [0.1, 0.15) is 35.2 Å². The van der Waals surface area contributed by atoms with Crippen molar-refractivity contribution >= 4 is 17.7 Å². The number of nitrogens with zero attached hydrogens (tertiary/aromatic N) is 2. The number of ether oxygens (including phenoxy) is 1. The van der Waals surface area contributed by atoms with E-state index < -0.39 is 0 Å². The summed E-state index contributed by atoms with van der Waals surface area (Å²) in [6.45, 7) is 2.08. The predicted octanol–water partition coefficient (Wildman–Crippen LogP) is 4.09. The molecule has 0 bridgehead atoms. The number of carbonyl (C=O) groups excluding carboxylic acids is 2. The van der Waals surface area contributed by atoms with Gasteiger partial charge in [0.25, 0.3) is 0 Å². The van der Waals surface area contributed by atoms with Crippen molar-refractivity contribution in [1.82, 2.24) is 4.90 Å². The molecule has 5 heteroatoms. The topological polar surface area (TPSA) is 49.9 Å². The fourth-order valence-corrected chi connectivity index (χ4v) is 3.18. The van der Waals surface area contributed by atoms with Gasteiger partial charge in [0.2, 0.25) is 0 Å². The number of urea groups is 1. The highest BCUT2D eigenvalue weighted by Crippen LogP contribution is 2.21. The molecule has 1 heterocycles. The highest BCUT2D eigenvalue weighted by Gasteiger charge is 2.24. The fourth-order valence-electron chi connectivity index (χ4n) is 3.18. The van der Waals surface area contributed by atoms with Crippen LogP contribution in [0.5, 0.6) is 0 Å². The Balaban J connectivity index is 1.81. The first kappa shape index (κ1) is 18.0. The molecule has 2 aromatic rings. The number of hydrogen-bond acceptors (Lipinski definition) is 3. The molecule has 1 fully saturated rings. The second kappa shape index (κ2) is 8.52. The van der Waals surface area contributed by atoms with Crippen molar-refractivity contribution in [3.63, 3.8) is 0 Å². The van der Waals surface area contributed by atoms with Crippen LogP contribution in [-0.4, -0.2) is 37.1 Å². The second-order valence-electron chi connectivity index (χ2n) is 6.44. The number of amides is 2. The summed E-state index contributed by atoms with van der Waals surface area (Å²) in [4.78, 5) is 28.4. The van der Waals surface area contributed by atoms with Crippen LogP contribution in [0.25, 0.3) is 0 Å². The van der Waals surface area contributed by atoms with Gasteiger partial charge in [-0.1, -0.05) is 30.3 Å². The number of esters is 1. The minimum Gasteiger partial charge on any atom is -0.465 e. The smallest absolute Gasteiger partial charge is 0.337 e. The van der Waals surface area contributed by atoms with E-state index in [4.69, 9.17) is 4.74 Å². The van der Waals surface area contributed by atoms with Gasteiger partial charge in [0.15, 0.2) is 0 Å². The largest absolute Gasteiger partial charge is 0.465 e. The summed E-state index contributed by atoms with van der Waals surface area (Å²) in [5.74, 6) is -0.360. The van der Waals surface area contributed by atoms with Gasteiger partial charge in [-0.2, -0.15) is 0 Å². The van der Waals surface area contributed by atoms with Gasteiger partial charge in [0.05, 0.1) is 19.2 Å². The van der Waals surface area contributed by atoms with Gasteiger partial charge >= 0.3 is 12.0 Å². The number of benzene rings is 2. The number of rotatable bonds is 4. The molecule has 136 valence electrons. The molecule has 0 unspecified atom stereocenters. The van der Waals surface area contributed by atoms with Crippen LogP contribution in [0.15, 0.2) is 54.6 Å². The normalized spacial score (nSPS) is 14.0. The number of methoxy groups -OCH3 is 1. The van der Waals surface area contributed by atoms with Crippen LogP contribution < -0.4 is 4.90 Å². The summed E-state index contributed by atoms with van der Waals surface area (Å²) >= 11 is 0. The quantitative estimate of drug-likeness (QED) is 0.779. The van der Waals surface area contributed by atoms with Gasteiger partial charge in [-0.25, -0.2) is 9.59 Å². The lowest BCUT2D eigenvalue weighted by Crippen LogP contribution is -2.45. The average Bonchev–Trinajstić information content (AvgIpc) is 2.72. The van der Waals surface area contributed by atoms with Crippen molar-refractivity contribution in [3.05, 3.63) is 65.7 Å². The number of anilines is 1. The lowest BCUT2D eigenvalue weighted by molar-refractivity contribution is 0.0600. The molecule has 26 heavy (non-hydrogen) atoms. The van der Waals surface area contributed by atoms with Crippen LogP contribution in [-0.2, 0) is 11.3 Å². The number of para-hydroxylation sites is 1. The molecule has 2 amide bonds. The molecule has 3 rings (SSSR count). The van der Waals surface area contributed by atoms with Crippen LogP contribution in [0.4, 0.5) is 10.5 Å². The van der Waals surface area contributed by atoms with Gasteiger partial charge in [0.1, 0.15) is 0 Å². The van der Waals surface area contributed by atoms with Crippen molar-refractivity contribution in [1.29, 1.82) is 0 Å². The first-order chi connectivity index (χ1) is 12.7. The minimum atomic E-state index is -0.360. The minimum absolute atomic E-state index is 0.0351. The Labute approximate surface area is 154 Å². The van der Waals surface area contributed by atoms with Crippen molar-refractivity contribution in [2.24, 2.45) is 0 Å². The highest BCUT2D eigenvalue weighted by atomic mass is 16.5. The Kier molecular flexibility index (Phi) is 5.89. The molecule has 1 saturated heterocycles. The number of piperidine rings is 1. The summed E-state index contributed by atoms with van der Waals surface area (Å²) in [5, 5.41) is 0. The SMILES string of the molecule is COC(=O)c1ccc(CN(C(=O)N2CCCCC2)c2ccccc2)cc1. The van der Waals surface area contributed by atoms with Gasteiger partial charge in [-0.05, 0) is 49.1 Å². The molecule has 0 aliphatic carbocycles. The Morgan fingerprint density at radius 1 is 0.962 bits per heavy atom. The zero-order valence-corrected chi connectivity index (χ0v) is 15.1. The summed E-state index contributed by atoms with van der Waals surface area (Å²) in [7, 11) is 1.37. The third-order valence-corrected chi connectivity index (χ3v) is 4.64. The Hall–Kier alpha value is -2.82. The van der Waals surface area contributed by atoms with Crippen molar-refractivity contribution in [2.45, 2.75) is 25.8 Å². The van der Waals surface area contributed by atoms with Crippen molar-refractivity contribution < 1.29 is 14.3 Å². The molecule has 1 aliphatic heterocycles. The zero-order valence-electron chi connectivity index (χ0n) is 15.1. The third kappa shape index (κ3) is 4.23. The Bertz CT molecular complexity index is 738. The van der Waals surface area contributed by atoms with Crippen LogP contribution in [0, 0.1) is 0 Å².